The highest BCUT2D eigenvalue weighted by Crippen LogP contribution is 2.40. The number of likely N-dealkylation sites (tertiary alicyclic amines) is 1. The van der Waals surface area contributed by atoms with E-state index in [1.165, 1.54) is 19.4 Å². The molecule has 1 unspecified atom stereocenters. The third-order valence-corrected chi connectivity index (χ3v) is 4.56. The molecule has 0 radical (unpaired) electrons. The zero-order valence-corrected chi connectivity index (χ0v) is 11.7. The highest BCUT2D eigenvalue weighted by molar-refractivity contribution is 5.92. The van der Waals surface area contributed by atoms with Crippen LogP contribution >= 0.6 is 0 Å². The Bertz CT molecular complexity index is 505. The molecule has 1 atom stereocenters. The molecule has 4 rings (SSSR count). The number of rotatable bonds is 5. The van der Waals surface area contributed by atoms with Crippen LogP contribution in [0.3, 0.4) is 0 Å². The standard InChI is InChI=1S/C15H21N3O2/c19-15(13-7-14(20-17-13)11-3-4-11)16-12-5-6-18(9-12)8-10-1-2-10/h7,10-12H,1-6,8-9H2,(H,16,19). The lowest BCUT2D eigenvalue weighted by atomic mass is 10.2. The molecule has 5 nitrogen and oxygen atoms in total. The molecule has 2 heterocycles. The Labute approximate surface area is 118 Å². The smallest absolute Gasteiger partial charge is 0.273 e. The molecule has 0 aromatic carbocycles. The summed E-state index contributed by atoms with van der Waals surface area (Å²) in [6, 6.07) is 2.08. The highest BCUT2D eigenvalue weighted by Gasteiger charge is 2.31. The fraction of sp³-hybridized carbons (Fsp3) is 0.733. The van der Waals surface area contributed by atoms with E-state index in [1.54, 1.807) is 0 Å². The summed E-state index contributed by atoms with van der Waals surface area (Å²) < 4.78 is 5.23. The SMILES string of the molecule is O=C(NC1CCN(CC2CC2)C1)c1cc(C2CC2)on1. The van der Waals surface area contributed by atoms with Gasteiger partial charge >= 0.3 is 0 Å². The van der Waals surface area contributed by atoms with Gasteiger partial charge in [-0.25, -0.2) is 0 Å². The first-order chi connectivity index (χ1) is 9.78. The van der Waals surface area contributed by atoms with Crippen LogP contribution in [-0.2, 0) is 0 Å². The van der Waals surface area contributed by atoms with Crippen LogP contribution in [-0.4, -0.2) is 41.6 Å². The summed E-state index contributed by atoms with van der Waals surface area (Å²) in [7, 11) is 0. The largest absolute Gasteiger partial charge is 0.360 e. The summed E-state index contributed by atoms with van der Waals surface area (Å²) >= 11 is 0. The van der Waals surface area contributed by atoms with Crippen molar-refractivity contribution in [3.8, 4) is 0 Å². The monoisotopic (exact) mass is 275 g/mol. The number of aromatic nitrogens is 1. The van der Waals surface area contributed by atoms with Crippen molar-refractivity contribution in [2.75, 3.05) is 19.6 Å². The van der Waals surface area contributed by atoms with E-state index < -0.39 is 0 Å². The van der Waals surface area contributed by atoms with Gasteiger partial charge in [0.05, 0.1) is 0 Å². The van der Waals surface area contributed by atoms with Gasteiger partial charge in [-0.2, -0.15) is 0 Å². The van der Waals surface area contributed by atoms with Gasteiger partial charge in [0.2, 0.25) is 0 Å². The average molecular weight is 275 g/mol. The number of hydrogen-bond donors (Lipinski definition) is 1. The van der Waals surface area contributed by atoms with Crippen molar-refractivity contribution in [3.05, 3.63) is 17.5 Å². The zero-order valence-electron chi connectivity index (χ0n) is 11.7. The average Bonchev–Trinajstić information content (AvgIpc) is 3.35. The van der Waals surface area contributed by atoms with Crippen molar-refractivity contribution in [2.24, 2.45) is 5.92 Å². The highest BCUT2D eigenvalue weighted by atomic mass is 16.5. The van der Waals surface area contributed by atoms with Gasteiger partial charge in [0, 0.05) is 37.7 Å². The first-order valence-electron chi connectivity index (χ1n) is 7.78. The third-order valence-electron chi connectivity index (χ3n) is 4.56. The van der Waals surface area contributed by atoms with Crippen molar-refractivity contribution in [1.29, 1.82) is 0 Å². The minimum absolute atomic E-state index is 0.0843. The fourth-order valence-electron chi connectivity index (χ4n) is 3.00. The number of nitrogens with zero attached hydrogens (tertiary/aromatic N) is 2. The van der Waals surface area contributed by atoms with E-state index in [2.05, 4.69) is 15.4 Å². The fourth-order valence-corrected chi connectivity index (χ4v) is 3.00. The maximum atomic E-state index is 12.1. The molecule has 2 saturated carbocycles. The number of amides is 1. The summed E-state index contributed by atoms with van der Waals surface area (Å²) in [5, 5.41) is 6.98. The van der Waals surface area contributed by atoms with Crippen LogP contribution in [0.25, 0.3) is 0 Å². The molecule has 1 aromatic heterocycles. The van der Waals surface area contributed by atoms with Crippen LogP contribution in [0.2, 0.25) is 0 Å². The first-order valence-corrected chi connectivity index (χ1v) is 7.78. The van der Waals surface area contributed by atoms with Crippen molar-refractivity contribution in [2.45, 2.75) is 44.1 Å². The van der Waals surface area contributed by atoms with E-state index in [0.717, 1.165) is 44.0 Å². The molecule has 3 aliphatic rings. The molecule has 1 N–H and O–H groups in total. The van der Waals surface area contributed by atoms with E-state index in [9.17, 15) is 4.79 Å². The van der Waals surface area contributed by atoms with E-state index in [1.807, 2.05) is 6.07 Å². The lowest BCUT2D eigenvalue weighted by Crippen LogP contribution is -2.37. The number of carbonyl (C=O) groups is 1. The van der Waals surface area contributed by atoms with Crippen molar-refractivity contribution in [3.63, 3.8) is 0 Å². The second-order valence-corrected chi connectivity index (χ2v) is 6.55. The summed E-state index contributed by atoms with van der Waals surface area (Å²) in [4.78, 5) is 14.6. The minimum atomic E-state index is -0.0843. The lowest BCUT2D eigenvalue weighted by Gasteiger charge is -2.15. The van der Waals surface area contributed by atoms with Gasteiger partial charge in [0.25, 0.3) is 5.91 Å². The molecule has 1 saturated heterocycles. The second-order valence-electron chi connectivity index (χ2n) is 6.55. The lowest BCUT2D eigenvalue weighted by molar-refractivity contribution is 0.0928. The molecule has 20 heavy (non-hydrogen) atoms. The number of hydrogen-bond acceptors (Lipinski definition) is 4. The quantitative estimate of drug-likeness (QED) is 0.889. The topological polar surface area (TPSA) is 58.4 Å². The molecular weight excluding hydrogens is 254 g/mol. The third kappa shape index (κ3) is 2.73. The Balaban J connectivity index is 1.30. The second kappa shape index (κ2) is 4.88. The van der Waals surface area contributed by atoms with Crippen LogP contribution in [0.15, 0.2) is 10.6 Å². The van der Waals surface area contributed by atoms with E-state index in [-0.39, 0.29) is 11.9 Å². The molecule has 0 bridgehead atoms. The van der Waals surface area contributed by atoms with Gasteiger partial charge < -0.3 is 14.7 Å². The normalized spacial score (nSPS) is 26.9. The van der Waals surface area contributed by atoms with Crippen molar-refractivity contribution < 1.29 is 9.32 Å². The van der Waals surface area contributed by atoms with Crippen LogP contribution in [0, 0.1) is 5.92 Å². The Morgan fingerprint density at radius 3 is 2.95 bits per heavy atom. The van der Waals surface area contributed by atoms with Gasteiger partial charge in [-0.3, -0.25) is 4.79 Å². The van der Waals surface area contributed by atoms with E-state index >= 15 is 0 Å². The van der Waals surface area contributed by atoms with Gasteiger partial charge in [-0.05, 0) is 38.0 Å². The van der Waals surface area contributed by atoms with Crippen LogP contribution in [0.4, 0.5) is 0 Å². The van der Waals surface area contributed by atoms with Crippen LogP contribution in [0.5, 0.6) is 0 Å². The molecular formula is C15H21N3O2. The van der Waals surface area contributed by atoms with Crippen LogP contribution < -0.4 is 5.32 Å². The van der Waals surface area contributed by atoms with E-state index in [4.69, 9.17) is 4.52 Å². The Morgan fingerprint density at radius 1 is 1.35 bits per heavy atom. The molecule has 1 aliphatic heterocycles. The molecule has 3 fully saturated rings. The van der Waals surface area contributed by atoms with Crippen molar-refractivity contribution >= 4 is 5.91 Å². The predicted octanol–water partition coefficient (Wildman–Crippen LogP) is 1.77. The first kappa shape index (κ1) is 12.4. The molecule has 1 aromatic rings. The Kier molecular flexibility index (Phi) is 3.02. The summed E-state index contributed by atoms with van der Waals surface area (Å²) in [5.74, 6) is 2.21. The Hall–Kier alpha value is -1.36. The Morgan fingerprint density at radius 2 is 2.20 bits per heavy atom. The van der Waals surface area contributed by atoms with Crippen LogP contribution in [0.1, 0.15) is 54.3 Å². The number of carbonyl (C=O) groups excluding carboxylic acids is 1. The van der Waals surface area contributed by atoms with Gasteiger partial charge in [-0.15, -0.1) is 0 Å². The zero-order chi connectivity index (χ0) is 13.5. The summed E-state index contributed by atoms with van der Waals surface area (Å²) in [5.41, 5.74) is 0.438. The molecule has 108 valence electrons. The van der Waals surface area contributed by atoms with Gasteiger partial charge in [0.1, 0.15) is 5.76 Å². The summed E-state index contributed by atoms with van der Waals surface area (Å²) in [6.07, 6.45) is 6.14. The predicted molar refractivity (Wildman–Crippen MR) is 73.5 cm³/mol. The molecule has 5 heteroatoms. The van der Waals surface area contributed by atoms with Gasteiger partial charge in [-0.1, -0.05) is 5.16 Å². The number of nitrogens with one attached hydrogen (secondary N) is 1. The minimum Gasteiger partial charge on any atom is -0.360 e. The van der Waals surface area contributed by atoms with Gasteiger partial charge in [0.15, 0.2) is 5.69 Å². The molecule has 1 amide bonds. The van der Waals surface area contributed by atoms with E-state index in [0.29, 0.717) is 11.6 Å². The van der Waals surface area contributed by atoms with Crippen molar-refractivity contribution in [1.82, 2.24) is 15.4 Å². The maximum absolute atomic E-state index is 12.1. The molecule has 2 aliphatic carbocycles. The summed E-state index contributed by atoms with van der Waals surface area (Å²) in [6.45, 7) is 3.30. The maximum Gasteiger partial charge on any atom is 0.273 e. The molecule has 0 spiro atoms.